The molecule has 0 unspecified atom stereocenters. The van der Waals surface area contributed by atoms with Crippen molar-refractivity contribution >= 4 is 24.8 Å². The number of nitrogens with one attached hydrogen (secondary N) is 1. The van der Waals surface area contributed by atoms with Gasteiger partial charge in [-0.25, -0.2) is 4.79 Å². The minimum absolute atomic E-state index is 0. The summed E-state index contributed by atoms with van der Waals surface area (Å²) in [6.07, 6.45) is -0.0720. The normalized spacial score (nSPS) is 20.6. The Labute approximate surface area is 224 Å². The molecule has 1 aliphatic carbocycles. The number of unbranched alkanes of at least 4 members (excludes halogenated alkanes) is 1. The molecule has 1 aromatic carbocycles. The van der Waals surface area contributed by atoms with Crippen molar-refractivity contribution in [3.8, 4) is 11.3 Å². The summed E-state index contributed by atoms with van der Waals surface area (Å²) in [5.74, 6) is 0.491. The molecule has 3 heterocycles. The summed E-state index contributed by atoms with van der Waals surface area (Å²) in [4.78, 5) is 33.7. The molecule has 3 aromatic rings. The average molecular weight is 557 g/mol. The van der Waals surface area contributed by atoms with Crippen LogP contribution in [0.5, 0.6) is 0 Å². The van der Waals surface area contributed by atoms with Crippen LogP contribution in [-0.2, 0) is 18.1 Å². The van der Waals surface area contributed by atoms with E-state index in [4.69, 9.17) is 0 Å². The molecule has 0 spiro atoms. The third kappa shape index (κ3) is 5.94. The van der Waals surface area contributed by atoms with Gasteiger partial charge in [-0.2, -0.15) is 13.2 Å². The van der Waals surface area contributed by atoms with E-state index in [9.17, 15) is 22.8 Å². The number of H-pyrrole nitrogens is 1. The minimum Gasteiger partial charge on any atom is -0.302 e. The summed E-state index contributed by atoms with van der Waals surface area (Å²) in [5.41, 5.74) is 1.17. The zero-order valence-electron chi connectivity index (χ0n) is 20.3. The monoisotopic (exact) mass is 556 g/mol. The van der Waals surface area contributed by atoms with Gasteiger partial charge in [-0.05, 0) is 68.5 Å². The van der Waals surface area contributed by atoms with E-state index in [2.05, 4.69) is 14.9 Å². The fourth-order valence-electron chi connectivity index (χ4n) is 5.36. The third-order valence-electron chi connectivity index (χ3n) is 7.30. The number of rotatable bonds is 7. The lowest BCUT2D eigenvalue weighted by atomic mass is 9.94. The Morgan fingerprint density at radius 2 is 1.76 bits per heavy atom. The first kappa shape index (κ1) is 28.9. The second-order valence-corrected chi connectivity index (χ2v) is 9.73. The van der Waals surface area contributed by atoms with E-state index in [0.29, 0.717) is 23.7 Å². The van der Waals surface area contributed by atoms with E-state index in [-0.39, 0.29) is 30.2 Å². The number of fused-ring (bicyclic) bond motifs is 1. The van der Waals surface area contributed by atoms with Gasteiger partial charge in [0.15, 0.2) is 0 Å². The number of aromatic nitrogens is 3. The van der Waals surface area contributed by atoms with E-state index in [0.717, 1.165) is 50.2 Å². The molecule has 1 aliphatic heterocycles. The van der Waals surface area contributed by atoms with Crippen LogP contribution in [0.15, 0.2) is 58.3 Å². The van der Waals surface area contributed by atoms with Crippen molar-refractivity contribution in [2.45, 2.75) is 44.3 Å². The predicted molar refractivity (Wildman–Crippen MR) is 141 cm³/mol. The zero-order valence-corrected chi connectivity index (χ0v) is 21.9. The molecule has 6 nitrogen and oxygen atoms in total. The quantitative estimate of drug-likeness (QED) is 0.423. The second kappa shape index (κ2) is 11.0. The van der Waals surface area contributed by atoms with Crippen LogP contribution in [0.1, 0.15) is 36.1 Å². The summed E-state index contributed by atoms with van der Waals surface area (Å²) < 4.78 is 40.2. The maximum atomic E-state index is 12.9. The Hall–Kier alpha value is -2.62. The Bertz CT molecular complexity index is 1360. The number of pyridine rings is 1. The van der Waals surface area contributed by atoms with Gasteiger partial charge in [0.2, 0.25) is 0 Å². The molecule has 0 bridgehead atoms. The van der Waals surface area contributed by atoms with E-state index in [1.165, 1.54) is 16.7 Å². The molecule has 2 fully saturated rings. The third-order valence-corrected chi connectivity index (χ3v) is 7.30. The highest BCUT2D eigenvalue weighted by molar-refractivity contribution is 5.85. The fraction of sp³-hybridized carbons (Fsp3) is 0.423. The van der Waals surface area contributed by atoms with E-state index in [1.807, 2.05) is 19.1 Å². The van der Waals surface area contributed by atoms with Crippen LogP contribution in [0.3, 0.4) is 0 Å². The lowest BCUT2D eigenvalue weighted by molar-refractivity contribution is -0.137. The number of likely N-dealkylation sites (tertiary alicyclic amines) is 1. The topological polar surface area (TPSA) is 71.0 Å². The van der Waals surface area contributed by atoms with Crippen LogP contribution in [0.25, 0.3) is 11.3 Å². The lowest BCUT2D eigenvalue weighted by Gasteiger charge is -2.21. The summed E-state index contributed by atoms with van der Waals surface area (Å²) in [6, 6.07) is 11.1. The number of halogens is 5. The van der Waals surface area contributed by atoms with Crippen LogP contribution in [0.4, 0.5) is 13.2 Å². The van der Waals surface area contributed by atoms with Gasteiger partial charge in [0.05, 0.1) is 16.8 Å². The number of aryl methyl sites for hydroxylation is 2. The van der Waals surface area contributed by atoms with E-state index >= 15 is 0 Å². The number of hydrogen-bond donors (Lipinski definition) is 1. The van der Waals surface area contributed by atoms with Gasteiger partial charge in [-0.3, -0.25) is 19.3 Å². The molecule has 0 amide bonds. The highest BCUT2D eigenvalue weighted by Crippen LogP contribution is 2.59. The number of aromatic amines is 1. The molecule has 11 heteroatoms. The highest BCUT2D eigenvalue weighted by Gasteiger charge is 2.60. The van der Waals surface area contributed by atoms with E-state index in [1.54, 1.807) is 24.4 Å². The van der Waals surface area contributed by atoms with Crippen LogP contribution in [0, 0.1) is 12.8 Å². The van der Waals surface area contributed by atoms with Crippen LogP contribution in [-0.4, -0.2) is 39.1 Å². The molecular formula is C26H29Cl2F3N4O2. The highest BCUT2D eigenvalue weighted by atomic mass is 35.5. The van der Waals surface area contributed by atoms with Crippen molar-refractivity contribution in [2.24, 2.45) is 5.92 Å². The first-order chi connectivity index (χ1) is 16.7. The van der Waals surface area contributed by atoms with Crippen molar-refractivity contribution in [3.63, 3.8) is 0 Å². The largest absolute Gasteiger partial charge is 0.416 e. The van der Waals surface area contributed by atoms with Crippen LogP contribution in [0.2, 0.25) is 0 Å². The fourth-order valence-corrected chi connectivity index (χ4v) is 5.36. The number of piperidine rings is 1. The van der Waals surface area contributed by atoms with Crippen molar-refractivity contribution in [3.05, 3.63) is 86.3 Å². The van der Waals surface area contributed by atoms with Crippen molar-refractivity contribution in [1.29, 1.82) is 0 Å². The van der Waals surface area contributed by atoms with E-state index < -0.39 is 23.0 Å². The number of benzene rings is 1. The standard InChI is InChI=1S/C26H27F3N4O2.2ClH/c1-17-5-4-6-22(30-17)21-15-33(24(35)31-23(21)34)12-3-2-11-32-14-20-13-25(20,16-32)18-7-9-19(10-8-18)26(27,28)29;;/h4-10,15,20H,2-3,11-14,16H2,1H3,(H,31,34,35);2*1H/t20-,25+;;/m0../s1. The first-order valence-electron chi connectivity index (χ1n) is 11.8. The number of nitrogens with zero attached hydrogens (tertiary/aromatic N) is 3. The molecule has 37 heavy (non-hydrogen) atoms. The van der Waals surface area contributed by atoms with Crippen molar-refractivity contribution in [1.82, 2.24) is 19.4 Å². The molecule has 1 saturated heterocycles. The summed E-state index contributed by atoms with van der Waals surface area (Å²) in [7, 11) is 0. The maximum Gasteiger partial charge on any atom is 0.416 e. The number of alkyl halides is 3. The van der Waals surface area contributed by atoms with Crippen LogP contribution < -0.4 is 11.2 Å². The Balaban J connectivity index is 0.00000190. The Kier molecular flexibility index (Phi) is 8.61. The molecule has 200 valence electrons. The smallest absolute Gasteiger partial charge is 0.302 e. The first-order valence-corrected chi connectivity index (χ1v) is 11.8. The van der Waals surface area contributed by atoms with Gasteiger partial charge in [0, 0.05) is 36.9 Å². The second-order valence-electron chi connectivity index (χ2n) is 9.73. The SMILES string of the molecule is Cc1cccc(-c2cn(CCCCN3C[C@@H]4C[C@]4(c4ccc(C(F)(F)F)cc4)C3)c(=O)[nH]c2=O)n1.Cl.Cl. The summed E-state index contributed by atoms with van der Waals surface area (Å²) in [5, 5.41) is 0. The summed E-state index contributed by atoms with van der Waals surface area (Å²) >= 11 is 0. The predicted octanol–water partition coefficient (Wildman–Crippen LogP) is 4.82. The maximum absolute atomic E-state index is 12.9. The van der Waals surface area contributed by atoms with Gasteiger partial charge in [0.1, 0.15) is 0 Å². The van der Waals surface area contributed by atoms with Gasteiger partial charge in [-0.15, -0.1) is 24.8 Å². The Morgan fingerprint density at radius 3 is 2.43 bits per heavy atom. The van der Waals surface area contributed by atoms with Gasteiger partial charge >= 0.3 is 11.9 Å². The van der Waals surface area contributed by atoms with Gasteiger partial charge in [0.25, 0.3) is 5.56 Å². The average Bonchev–Trinajstić information content (AvgIpc) is 3.38. The Morgan fingerprint density at radius 1 is 1.05 bits per heavy atom. The zero-order chi connectivity index (χ0) is 24.8. The minimum atomic E-state index is -4.31. The molecule has 5 rings (SSSR count). The molecular weight excluding hydrogens is 528 g/mol. The summed E-state index contributed by atoms with van der Waals surface area (Å²) in [6.45, 7) is 4.99. The number of hydrogen-bond acceptors (Lipinski definition) is 4. The van der Waals surface area contributed by atoms with Gasteiger partial charge < -0.3 is 4.90 Å². The van der Waals surface area contributed by atoms with Crippen molar-refractivity contribution in [2.75, 3.05) is 19.6 Å². The molecule has 2 atom stereocenters. The lowest BCUT2D eigenvalue weighted by Crippen LogP contribution is -2.31. The molecule has 1 saturated carbocycles. The molecule has 0 radical (unpaired) electrons. The molecule has 2 aromatic heterocycles. The van der Waals surface area contributed by atoms with Crippen molar-refractivity contribution < 1.29 is 13.2 Å². The molecule has 2 aliphatic rings. The molecule has 1 N–H and O–H groups in total. The van der Waals surface area contributed by atoms with Crippen LogP contribution >= 0.6 is 24.8 Å². The van der Waals surface area contributed by atoms with Gasteiger partial charge in [-0.1, -0.05) is 18.2 Å².